The Labute approximate surface area is 169 Å². The maximum absolute atomic E-state index is 13.5. The SMILES string of the molecule is COC(=O)CCN(Cc1ccc(F)c(F)c1)C(=O)C=C(c1ccccc1)C(F)(F)F. The van der Waals surface area contributed by atoms with Crippen molar-refractivity contribution in [3.8, 4) is 0 Å². The summed E-state index contributed by atoms with van der Waals surface area (Å²) < 4.78 is 71.7. The average Bonchev–Trinajstić information content (AvgIpc) is 2.71. The van der Waals surface area contributed by atoms with Crippen LogP contribution in [-0.2, 0) is 20.9 Å². The minimum atomic E-state index is -4.81. The first kappa shape index (κ1) is 23.1. The molecule has 0 bridgehead atoms. The van der Waals surface area contributed by atoms with E-state index in [1.807, 2.05) is 0 Å². The minimum Gasteiger partial charge on any atom is -0.469 e. The third kappa shape index (κ3) is 6.40. The molecule has 0 saturated carbocycles. The normalized spacial score (nSPS) is 11.9. The molecule has 2 aromatic carbocycles. The molecule has 2 aromatic rings. The molecule has 9 heteroatoms. The lowest BCUT2D eigenvalue weighted by Gasteiger charge is -2.22. The van der Waals surface area contributed by atoms with E-state index in [1.165, 1.54) is 36.4 Å². The van der Waals surface area contributed by atoms with Crippen LogP contribution in [-0.4, -0.2) is 36.6 Å². The summed E-state index contributed by atoms with van der Waals surface area (Å²) in [6.45, 7) is -0.607. The van der Waals surface area contributed by atoms with E-state index in [-0.39, 0.29) is 30.6 Å². The van der Waals surface area contributed by atoms with Crippen LogP contribution >= 0.6 is 0 Å². The highest BCUT2D eigenvalue weighted by atomic mass is 19.4. The number of rotatable bonds is 7. The van der Waals surface area contributed by atoms with Gasteiger partial charge in [0.05, 0.1) is 19.1 Å². The van der Waals surface area contributed by atoms with Crippen LogP contribution in [0.3, 0.4) is 0 Å². The maximum atomic E-state index is 13.5. The quantitative estimate of drug-likeness (QED) is 0.371. The first-order chi connectivity index (χ1) is 14.1. The van der Waals surface area contributed by atoms with Gasteiger partial charge in [-0.2, -0.15) is 13.2 Å². The number of benzene rings is 2. The van der Waals surface area contributed by atoms with Gasteiger partial charge in [0, 0.05) is 19.2 Å². The molecule has 160 valence electrons. The molecule has 30 heavy (non-hydrogen) atoms. The number of nitrogens with zero attached hydrogens (tertiary/aromatic N) is 1. The van der Waals surface area contributed by atoms with Crippen LogP contribution in [0.4, 0.5) is 22.0 Å². The molecule has 0 fully saturated rings. The van der Waals surface area contributed by atoms with E-state index in [1.54, 1.807) is 0 Å². The third-order valence-corrected chi connectivity index (χ3v) is 4.14. The zero-order valence-corrected chi connectivity index (χ0v) is 15.9. The Morgan fingerprint density at radius 1 is 1.03 bits per heavy atom. The Kier molecular flexibility index (Phi) is 7.68. The summed E-state index contributed by atoms with van der Waals surface area (Å²) >= 11 is 0. The van der Waals surface area contributed by atoms with Gasteiger partial charge in [-0.25, -0.2) is 8.78 Å². The van der Waals surface area contributed by atoms with Gasteiger partial charge >= 0.3 is 12.1 Å². The van der Waals surface area contributed by atoms with Gasteiger partial charge in [0.25, 0.3) is 0 Å². The molecule has 0 aliphatic heterocycles. The number of methoxy groups -OCH3 is 1. The van der Waals surface area contributed by atoms with Gasteiger partial charge in [0.1, 0.15) is 0 Å². The second kappa shape index (κ2) is 10.00. The van der Waals surface area contributed by atoms with Gasteiger partial charge in [-0.05, 0) is 23.3 Å². The molecule has 0 aliphatic rings. The predicted octanol–water partition coefficient (Wildman–Crippen LogP) is 4.50. The molecule has 2 rings (SSSR count). The van der Waals surface area contributed by atoms with Crippen molar-refractivity contribution in [3.63, 3.8) is 0 Å². The van der Waals surface area contributed by atoms with Gasteiger partial charge < -0.3 is 9.64 Å². The van der Waals surface area contributed by atoms with Crippen LogP contribution in [0.15, 0.2) is 54.6 Å². The monoisotopic (exact) mass is 427 g/mol. The highest BCUT2D eigenvalue weighted by Gasteiger charge is 2.35. The third-order valence-electron chi connectivity index (χ3n) is 4.14. The van der Waals surface area contributed by atoms with Crippen molar-refractivity contribution in [2.75, 3.05) is 13.7 Å². The van der Waals surface area contributed by atoms with Crippen LogP contribution in [0, 0.1) is 11.6 Å². The smallest absolute Gasteiger partial charge is 0.417 e. The topological polar surface area (TPSA) is 46.6 Å². The van der Waals surface area contributed by atoms with Crippen molar-refractivity contribution in [1.82, 2.24) is 4.90 Å². The van der Waals surface area contributed by atoms with Crippen LogP contribution in [0.1, 0.15) is 17.5 Å². The van der Waals surface area contributed by atoms with Crippen molar-refractivity contribution in [1.29, 1.82) is 0 Å². The highest BCUT2D eigenvalue weighted by Crippen LogP contribution is 2.33. The van der Waals surface area contributed by atoms with Gasteiger partial charge in [-0.15, -0.1) is 0 Å². The lowest BCUT2D eigenvalue weighted by Crippen LogP contribution is -2.32. The predicted molar refractivity (Wildman–Crippen MR) is 98.9 cm³/mol. The van der Waals surface area contributed by atoms with Gasteiger partial charge in [0.15, 0.2) is 11.6 Å². The largest absolute Gasteiger partial charge is 0.469 e. The summed E-state index contributed by atoms with van der Waals surface area (Å²) in [7, 11) is 1.13. The van der Waals surface area contributed by atoms with Crippen LogP contribution in [0.5, 0.6) is 0 Å². The van der Waals surface area contributed by atoms with E-state index in [4.69, 9.17) is 0 Å². The molecule has 0 unspecified atom stereocenters. The van der Waals surface area contributed by atoms with Gasteiger partial charge in [-0.1, -0.05) is 36.4 Å². The van der Waals surface area contributed by atoms with Crippen LogP contribution in [0.2, 0.25) is 0 Å². The van der Waals surface area contributed by atoms with Crippen LogP contribution in [0.25, 0.3) is 5.57 Å². The standard InChI is InChI=1S/C21H18F5NO3/c1-30-20(29)9-10-27(13-14-7-8-17(22)18(23)11-14)19(28)12-16(21(24,25)26)15-5-3-2-4-6-15/h2-8,11-12H,9-10,13H2,1H3. The van der Waals surface area contributed by atoms with E-state index in [2.05, 4.69) is 4.74 Å². The summed E-state index contributed by atoms with van der Waals surface area (Å²) in [5, 5.41) is 0. The molecular weight excluding hydrogens is 409 g/mol. The lowest BCUT2D eigenvalue weighted by molar-refractivity contribution is -0.141. The molecule has 0 atom stereocenters. The fourth-order valence-corrected chi connectivity index (χ4v) is 2.62. The molecule has 0 saturated heterocycles. The lowest BCUT2D eigenvalue weighted by atomic mass is 10.0. The first-order valence-corrected chi connectivity index (χ1v) is 8.75. The van der Waals surface area contributed by atoms with E-state index < -0.39 is 35.3 Å². The molecule has 0 heterocycles. The Morgan fingerprint density at radius 2 is 1.70 bits per heavy atom. The van der Waals surface area contributed by atoms with Crippen molar-refractivity contribution >= 4 is 17.4 Å². The molecule has 0 radical (unpaired) electrons. The summed E-state index contributed by atoms with van der Waals surface area (Å²) in [4.78, 5) is 25.0. The van der Waals surface area contributed by atoms with Gasteiger partial charge in [0.2, 0.25) is 5.91 Å². The number of esters is 1. The fraction of sp³-hybridized carbons (Fsp3) is 0.238. The molecule has 4 nitrogen and oxygen atoms in total. The van der Waals surface area contributed by atoms with Crippen LogP contribution < -0.4 is 0 Å². The fourth-order valence-electron chi connectivity index (χ4n) is 2.62. The van der Waals surface area contributed by atoms with Crippen molar-refractivity contribution in [3.05, 3.63) is 77.4 Å². The maximum Gasteiger partial charge on any atom is 0.417 e. The number of ether oxygens (including phenoxy) is 1. The highest BCUT2D eigenvalue weighted by molar-refractivity contribution is 5.96. The number of hydrogen-bond acceptors (Lipinski definition) is 3. The number of allylic oxidation sites excluding steroid dienone is 1. The average molecular weight is 427 g/mol. The Balaban J connectivity index is 2.36. The van der Waals surface area contributed by atoms with Crippen molar-refractivity contribution < 1.29 is 36.3 Å². The van der Waals surface area contributed by atoms with E-state index in [0.717, 1.165) is 24.1 Å². The molecule has 0 N–H and O–H groups in total. The number of amides is 1. The number of alkyl halides is 3. The van der Waals surface area contributed by atoms with E-state index in [0.29, 0.717) is 6.08 Å². The second-order valence-electron chi connectivity index (χ2n) is 6.26. The van der Waals surface area contributed by atoms with E-state index >= 15 is 0 Å². The number of carbonyl (C=O) groups is 2. The molecule has 0 aromatic heterocycles. The van der Waals surface area contributed by atoms with Crippen molar-refractivity contribution in [2.24, 2.45) is 0 Å². The first-order valence-electron chi connectivity index (χ1n) is 8.75. The number of carbonyl (C=O) groups excluding carboxylic acids is 2. The summed E-state index contributed by atoms with van der Waals surface area (Å²) in [5.74, 6) is -3.99. The Bertz CT molecular complexity index is 926. The van der Waals surface area contributed by atoms with Crippen molar-refractivity contribution in [2.45, 2.75) is 19.1 Å². The minimum absolute atomic E-state index is 0.147. The van der Waals surface area contributed by atoms with E-state index in [9.17, 15) is 31.5 Å². The molecule has 1 amide bonds. The molecule has 0 aliphatic carbocycles. The summed E-state index contributed by atoms with van der Waals surface area (Å²) in [6.07, 6.45) is -4.67. The Hall–Kier alpha value is -3.23. The Morgan fingerprint density at radius 3 is 2.27 bits per heavy atom. The summed E-state index contributed by atoms with van der Waals surface area (Å²) in [6, 6.07) is 9.62. The second-order valence-corrected chi connectivity index (χ2v) is 6.26. The van der Waals surface area contributed by atoms with Gasteiger partial charge in [-0.3, -0.25) is 9.59 Å². The zero-order chi connectivity index (χ0) is 22.3. The number of hydrogen-bond donors (Lipinski definition) is 0. The zero-order valence-electron chi connectivity index (χ0n) is 15.9. The molecule has 0 spiro atoms. The molecular formula is C21H18F5NO3. The summed E-state index contributed by atoms with van der Waals surface area (Å²) in [5.41, 5.74) is -1.23. The number of halogens is 5.